The van der Waals surface area contributed by atoms with E-state index in [9.17, 15) is 4.79 Å². The van der Waals surface area contributed by atoms with Crippen molar-refractivity contribution in [3.63, 3.8) is 0 Å². The molecule has 2 heterocycles. The molecule has 7 nitrogen and oxygen atoms in total. The van der Waals surface area contributed by atoms with Crippen LogP contribution in [0.15, 0.2) is 67.0 Å². The molecule has 0 aliphatic carbocycles. The zero-order valence-corrected chi connectivity index (χ0v) is 19.5. The molecule has 0 bridgehead atoms. The van der Waals surface area contributed by atoms with Gasteiger partial charge in [-0.15, -0.1) is 0 Å². The van der Waals surface area contributed by atoms with E-state index in [4.69, 9.17) is 9.47 Å². The SMILES string of the molecule is COc1ccc(-n2c(C)cc(C(=O)NC(c3ccccc3OC)c3nccn3C)c2C)cc1. The van der Waals surface area contributed by atoms with Gasteiger partial charge in [0.05, 0.1) is 19.8 Å². The Balaban J connectivity index is 1.71. The van der Waals surface area contributed by atoms with Gasteiger partial charge in [-0.25, -0.2) is 4.98 Å². The molecule has 0 fully saturated rings. The summed E-state index contributed by atoms with van der Waals surface area (Å²) < 4.78 is 14.8. The second-order valence-corrected chi connectivity index (χ2v) is 7.86. The molecule has 1 unspecified atom stereocenters. The third kappa shape index (κ3) is 4.22. The van der Waals surface area contributed by atoms with Gasteiger partial charge in [0, 0.05) is 42.1 Å². The highest BCUT2D eigenvalue weighted by Crippen LogP contribution is 2.30. The number of carbonyl (C=O) groups excluding carboxylic acids is 1. The topological polar surface area (TPSA) is 70.3 Å². The number of carbonyl (C=O) groups is 1. The average Bonchev–Trinajstić information content (AvgIpc) is 3.39. The van der Waals surface area contributed by atoms with E-state index in [1.807, 2.05) is 86.3 Å². The van der Waals surface area contributed by atoms with E-state index in [2.05, 4.69) is 14.9 Å². The fourth-order valence-corrected chi connectivity index (χ4v) is 4.17. The molecular formula is C26H28N4O3. The van der Waals surface area contributed by atoms with Crippen molar-refractivity contribution in [2.45, 2.75) is 19.9 Å². The molecule has 1 amide bonds. The standard InChI is InChI=1S/C26H28N4O3/c1-17-16-22(18(2)30(17)19-10-12-20(32-4)13-11-19)26(31)28-24(25-27-14-15-29(25)3)21-8-6-7-9-23(21)33-5/h6-16,24H,1-5H3,(H,28,31). The summed E-state index contributed by atoms with van der Waals surface area (Å²) >= 11 is 0. The Morgan fingerprint density at radius 3 is 2.39 bits per heavy atom. The number of nitrogens with one attached hydrogen (secondary N) is 1. The third-order valence-electron chi connectivity index (χ3n) is 5.85. The first kappa shape index (κ1) is 22.2. The van der Waals surface area contributed by atoms with E-state index in [0.717, 1.165) is 34.2 Å². The van der Waals surface area contributed by atoms with Gasteiger partial charge in [0.1, 0.15) is 23.4 Å². The summed E-state index contributed by atoms with van der Waals surface area (Å²) in [6.45, 7) is 3.94. The number of benzene rings is 2. The van der Waals surface area contributed by atoms with Crippen molar-refractivity contribution in [1.29, 1.82) is 0 Å². The van der Waals surface area contributed by atoms with Crippen LogP contribution in [0.5, 0.6) is 11.5 Å². The molecule has 33 heavy (non-hydrogen) atoms. The molecule has 7 heteroatoms. The molecule has 2 aromatic carbocycles. The minimum atomic E-state index is -0.474. The number of imidazole rings is 1. The zero-order chi connectivity index (χ0) is 23.5. The Bertz CT molecular complexity index is 1270. The number of methoxy groups -OCH3 is 2. The van der Waals surface area contributed by atoms with Crippen LogP contribution in [0.4, 0.5) is 0 Å². The molecule has 1 N–H and O–H groups in total. The van der Waals surface area contributed by atoms with Gasteiger partial charge >= 0.3 is 0 Å². The summed E-state index contributed by atoms with van der Waals surface area (Å²) in [6, 6.07) is 16.9. The Hall–Kier alpha value is -4.00. The smallest absolute Gasteiger partial charge is 0.253 e. The van der Waals surface area contributed by atoms with Crippen LogP contribution in [-0.4, -0.2) is 34.2 Å². The second-order valence-electron chi connectivity index (χ2n) is 7.86. The number of aromatic nitrogens is 3. The maximum absolute atomic E-state index is 13.5. The van der Waals surface area contributed by atoms with E-state index in [0.29, 0.717) is 11.3 Å². The molecule has 4 aromatic rings. The van der Waals surface area contributed by atoms with Crippen LogP contribution in [0.25, 0.3) is 5.69 Å². The second kappa shape index (κ2) is 9.24. The fourth-order valence-electron chi connectivity index (χ4n) is 4.17. The predicted octanol–water partition coefficient (Wildman–Crippen LogP) is 4.36. The molecule has 170 valence electrons. The Kier molecular flexibility index (Phi) is 6.22. The van der Waals surface area contributed by atoms with Gasteiger partial charge in [-0.3, -0.25) is 4.79 Å². The van der Waals surface area contributed by atoms with Crippen molar-refractivity contribution in [1.82, 2.24) is 19.4 Å². The minimum absolute atomic E-state index is 0.179. The molecule has 0 spiro atoms. The number of hydrogen-bond acceptors (Lipinski definition) is 4. The number of nitrogens with zero attached hydrogens (tertiary/aromatic N) is 3. The first-order chi connectivity index (χ1) is 15.9. The van der Waals surface area contributed by atoms with Gasteiger partial charge < -0.3 is 23.9 Å². The molecule has 4 rings (SSSR count). The molecular weight excluding hydrogens is 416 g/mol. The lowest BCUT2D eigenvalue weighted by molar-refractivity contribution is 0.0940. The maximum Gasteiger partial charge on any atom is 0.253 e. The highest BCUT2D eigenvalue weighted by atomic mass is 16.5. The number of para-hydroxylation sites is 1. The number of rotatable bonds is 7. The van der Waals surface area contributed by atoms with Crippen LogP contribution >= 0.6 is 0 Å². The number of aryl methyl sites for hydroxylation is 2. The lowest BCUT2D eigenvalue weighted by atomic mass is 10.0. The lowest BCUT2D eigenvalue weighted by Gasteiger charge is -2.21. The van der Waals surface area contributed by atoms with Gasteiger partial charge in [0.2, 0.25) is 0 Å². The van der Waals surface area contributed by atoms with E-state index in [-0.39, 0.29) is 5.91 Å². The van der Waals surface area contributed by atoms with Crippen LogP contribution in [0.1, 0.15) is 39.2 Å². The van der Waals surface area contributed by atoms with E-state index < -0.39 is 6.04 Å². The van der Waals surface area contributed by atoms with Crippen molar-refractivity contribution in [3.05, 3.63) is 95.3 Å². The fraction of sp³-hybridized carbons (Fsp3) is 0.231. The number of amides is 1. The molecule has 2 aromatic heterocycles. The highest BCUT2D eigenvalue weighted by molar-refractivity contribution is 5.96. The third-order valence-corrected chi connectivity index (χ3v) is 5.85. The quantitative estimate of drug-likeness (QED) is 0.460. The van der Waals surface area contributed by atoms with Gasteiger partial charge in [-0.1, -0.05) is 18.2 Å². The highest BCUT2D eigenvalue weighted by Gasteiger charge is 2.26. The van der Waals surface area contributed by atoms with Crippen LogP contribution in [-0.2, 0) is 7.05 Å². The lowest BCUT2D eigenvalue weighted by Crippen LogP contribution is -2.31. The molecule has 0 aliphatic heterocycles. The largest absolute Gasteiger partial charge is 0.497 e. The van der Waals surface area contributed by atoms with E-state index in [1.165, 1.54) is 0 Å². The van der Waals surface area contributed by atoms with Crippen LogP contribution in [0.3, 0.4) is 0 Å². The summed E-state index contributed by atoms with van der Waals surface area (Å²) in [5, 5.41) is 3.18. The molecule has 0 saturated carbocycles. The van der Waals surface area contributed by atoms with Crippen molar-refractivity contribution < 1.29 is 14.3 Å². The number of hydrogen-bond donors (Lipinski definition) is 1. The van der Waals surface area contributed by atoms with E-state index in [1.54, 1.807) is 20.4 Å². The summed E-state index contributed by atoms with van der Waals surface area (Å²) in [5.74, 6) is 2.02. The molecule has 0 radical (unpaired) electrons. The predicted molar refractivity (Wildman–Crippen MR) is 127 cm³/mol. The normalized spacial score (nSPS) is 11.8. The van der Waals surface area contributed by atoms with Crippen LogP contribution in [0.2, 0.25) is 0 Å². The zero-order valence-electron chi connectivity index (χ0n) is 19.5. The summed E-state index contributed by atoms with van der Waals surface area (Å²) in [4.78, 5) is 18.0. The Morgan fingerprint density at radius 1 is 1.03 bits per heavy atom. The Labute approximate surface area is 193 Å². The van der Waals surface area contributed by atoms with Crippen molar-refractivity contribution in [2.75, 3.05) is 14.2 Å². The van der Waals surface area contributed by atoms with Crippen molar-refractivity contribution >= 4 is 5.91 Å². The first-order valence-corrected chi connectivity index (χ1v) is 10.7. The van der Waals surface area contributed by atoms with Gasteiger partial charge in [-0.2, -0.15) is 0 Å². The first-order valence-electron chi connectivity index (χ1n) is 10.7. The summed E-state index contributed by atoms with van der Waals surface area (Å²) in [7, 11) is 5.18. The van der Waals surface area contributed by atoms with Gasteiger partial charge in [0.15, 0.2) is 0 Å². The van der Waals surface area contributed by atoms with E-state index >= 15 is 0 Å². The van der Waals surface area contributed by atoms with Gasteiger partial charge in [-0.05, 0) is 50.2 Å². The summed E-state index contributed by atoms with van der Waals surface area (Å²) in [6.07, 6.45) is 3.58. The summed E-state index contributed by atoms with van der Waals surface area (Å²) in [5.41, 5.74) is 4.24. The van der Waals surface area contributed by atoms with Crippen LogP contribution in [0, 0.1) is 13.8 Å². The van der Waals surface area contributed by atoms with Crippen molar-refractivity contribution in [3.8, 4) is 17.2 Å². The maximum atomic E-state index is 13.5. The van der Waals surface area contributed by atoms with Gasteiger partial charge in [0.25, 0.3) is 5.91 Å². The minimum Gasteiger partial charge on any atom is -0.497 e. The number of ether oxygens (including phenoxy) is 2. The Morgan fingerprint density at radius 2 is 1.76 bits per heavy atom. The van der Waals surface area contributed by atoms with Crippen LogP contribution < -0.4 is 14.8 Å². The average molecular weight is 445 g/mol. The molecule has 1 atom stereocenters. The monoisotopic (exact) mass is 444 g/mol. The van der Waals surface area contributed by atoms with Crippen molar-refractivity contribution in [2.24, 2.45) is 7.05 Å². The molecule has 0 saturated heterocycles. The molecule has 0 aliphatic rings.